The first-order valence-electron chi connectivity index (χ1n) is 10.9. The molecule has 0 unspecified atom stereocenters. The number of fused-ring (bicyclic) bond motifs is 1. The second-order valence-electron chi connectivity index (χ2n) is 7.80. The number of nitrogens with one attached hydrogen (secondary N) is 1. The number of carbonyl (C=O) groups excluding carboxylic acids is 1. The summed E-state index contributed by atoms with van der Waals surface area (Å²) >= 11 is 0. The zero-order chi connectivity index (χ0) is 23.2. The molecule has 1 N–H and O–H groups in total. The van der Waals surface area contributed by atoms with Gasteiger partial charge in [0.15, 0.2) is 0 Å². The van der Waals surface area contributed by atoms with Gasteiger partial charge in [0.1, 0.15) is 17.4 Å². The van der Waals surface area contributed by atoms with Crippen LogP contribution in [0.2, 0.25) is 0 Å². The normalized spacial score (nSPS) is 11.2. The summed E-state index contributed by atoms with van der Waals surface area (Å²) in [6.45, 7) is 5.26. The number of para-hydroxylation sites is 1. The van der Waals surface area contributed by atoms with Crippen molar-refractivity contribution < 1.29 is 9.53 Å². The van der Waals surface area contributed by atoms with Crippen LogP contribution in [0.4, 0.5) is 5.69 Å². The minimum absolute atomic E-state index is 0.0436. The fourth-order valence-corrected chi connectivity index (χ4v) is 3.71. The Labute approximate surface area is 193 Å². The van der Waals surface area contributed by atoms with Crippen LogP contribution in [0.25, 0.3) is 17.0 Å². The van der Waals surface area contributed by atoms with Crippen molar-refractivity contribution >= 4 is 28.6 Å². The van der Waals surface area contributed by atoms with E-state index in [1.165, 1.54) is 11.1 Å². The molecule has 5 nitrogen and oxygen atoms in total. The van der Waals surface area contributed by atoms with Gasteiger partial charge in [0, 0.05) is 34.9 Å². The van der Waals surface area contributed by atoms with Crippen LogP contribution >= 0.6 is 0 Å². The Morgan fingerprint density at radius 2 is 1.79 bits per heavy atom. The van der Waals surface area contributed by atoms with Crippen LogP contribution < -0.4 is 10.1 Å². The predicted octanol–water partition coefficient (Wildman–Crippen LogP) is 5.94. The first kappa shape index (κ1) is 21.9. The minimum atomic E-state index is -0.447. The Hall–Kier alpha value is -4.30. The smallest absolute Gasteiger partial charge is 0.266 e. The van der Waals surface area contributed by atoms with E-state index in [4.69, 9.17) is 4.74 Å². The van der Waals surface area contributed by atoms with E-state index >= 15 is 0 Å². The number of nitriles is 1. The highest BCUT2D eigenvalue weighted by Crippen LogP contribution is 2.25. The van der Waals surface area contributed by atoms with Gasteiger partial charge < -0.3 is 14.6 Å². The number of ether oxygens (including phenoxy) is 1. The molecule has 0 fully saturated rings. The monoisotopic (exact) mass is 435 g/mol. The molecule has 3 aromatic carbocycles. The summed E-state index contributed by atoms with van der Waals surface area (Å²) in [5.74, 6) is 0.282. The molecule has 1 amide bonds. The van der Waals surface area contributed by atoms with E-state index < -0.39 is 5.91 Å². The third kappa shape index (κ3) is 5.13. The molecule has 5 heteroatoms. The fourth-order valence-electron chi connectivity index (χ4n) is 3.71. The Morgan fingerprint density at radius 3 is 2.48 bits per heavy atom. The van der Waals surface area contributed by atoms with E-state index in [0.29, 0.717) is 18.8 Å². The molecule has 0 radical (unpaired) electrons. The summed E-state index contributed by atoms with van der Waals surface area (Å²) in [5, 5.41) is 13.5. The number of carbonyl (C=O) groups is 1. The summed E-state index contributed by atoms with van der Waals surface area (Å²) in [4.78, 5) is 12.8. The van der Waals surface area contributed by atoms with Crippen LogP contribution in [-0.4, -0.2) is 17.1 Å². The van der Waals surface area contributed by atoms with E-state index in [9.17, 15) is 10.1 Å². The number of nitrogens with zero attached hydrogens (tertiary/aromatic N) is 2. The molecule has 4 rings (SSSR count). The van der Waals surface area contributed by atoms with E-state index in [1.54, 1.807) is 30.3 Å². The van der Waals surface area contributed by atoms with Crippen LogP contribution in [0.15, 0.2) is 84.6 Å². The largest absolute Gasteiger partial charge is 0.494 e. The Balaban J connectivity index is 1.61. The third-order valence-corrected chi connectivity index (χ3v) is 5.38. The molecule has 1 aromatic heterocycles. The second kappa shape index (κ2) is 9.88. The van der Waals surface area contributed by atoms with E-state index in [2.05, 4.69) is 41.1 Å². The lowest BCUT2D eigenvalue weighted by Crippen LogP contribution is -2.13. The maximum atomic E-state index is 12.8. The van der Waals surface area contributed by atoms with Crippen LogP contribution in [0.5, 0.6) is 5.75 Å². The van der Waals surface area contributed by atoms with Gasteiger partial charge in [-0.2, -0.15) is 5.26 Å². The van der Waals surface area contributed by atoms with Crippen molar-refractivity contribution in [1.82, 2.24) is 4.57 Å². The molecule has 0 bridgehead atoms. The molecule has 164 valence electrons. The van der Waals surface area contributed by atoms with Crippen LogP contribution in [0.3, 0.4) is 0 Å². The van der Waals surface area contributed by atoms with Gasteiger partial charge in [-0.3, -0.25) is 4.79 Å². The number of rotatable bonds is 7. The van der Waals surface area contributed by atoms with E-state index in [0.717, 1.165) is 22.2 Å². The van der Waals surface area contributed by atoms with Gasteiger partial charge in [0.25, 0.3) is 5.91 Å². The molecule has 0 aliphatic carbocycles. The second-order valence-corrected chi connectivity index (χ2v) is 7.80. The molecule has 0 saturated heterocycles. The Morgan fingerprint density at radius 1 is 1.06 bits per heavy atom. The highest BCUT2D eigenvalue weighted by atomic mass is 16.5. The highest BCUT2D eigenvalue weighted by molar-refractivity contribution is 6.10. The minimum Gasteiger partial charge on any atom is -0.494 e. The number of benzene rings is 3. The van der Waals surface area contributed by atoms with Gasteiger partial charge in [-0.1, -0.05) is 48.0 Å². The van der Waals surface area contributed by atoms with Crippen molar-refractivity contribution in [2.75, 3.05) is 11.9 Å². The maximum absolute atomic E-state index is 12.8. The van der Waals surface area contributed by atoms with Gasteiger partial charge in [0.05, 0.1) is 6.61 Å². The number of amides is 1. The first-order chi connectivity index (χ1) is 16.1. The van der Waals surface area contributed by atoms with Crippen LogP contribution in [-0.2, 0) is 11.3 Å². The molecule has 33 heavy (non-hydrogen) atoms. The average molecular weight is 436 g/mol. The maximum Gasteiger partial charge on any atom is 0.266 e. The predicted molar refractivity (Wildman–Crippen MR) is 132 cm³/mol. The van der Waals surface area contributed by atoms with Crippen molar-refractivity contribution in [2.24, 2.45) is 0 Å². The summed E-state index contributed by atoms with van der Waals surface area (Å²) in [5.41, 5.74) is 4.93. The molecule has 0 atom stereocenters. The molecule has 0 aliphatic heterocycles. The lowest BCUT2D eigenvalue weighted by atomic mass is 10.1. The Bertz CT molecular complexity index is 1340. The van der Waals surface area contributed by atoms with Crippen molar-refractivity contribution in [2.45, 2.75) is 20.4 Å². The van der Waals surface area contributed by atoms with Gasteiger partial charge in [-0.25, -0.2) is 0 Å². The molecular formula is C28H25N3O2. The molecule has 1 heterocycles. The summed E-state index contributed by atoms with van der Waals surface area (Å²) < 4.78 is 7.57. The molecule has 4 aromatic rings. The number of aryl methyl sites for hydroxylation is 1. The number of hydrogen-bond acceptors (Lipinski definition) is 3. The third-order valence-electron chi connectivity index (χ3n) is 5.38. The van der Waals surface area contributed by atoms with Gasteiger partial charge >= 0.3 is 0 Å². The van der Waals surface area contributed by atoms with E-state index in [1.807, 2.05) is 43.5 Å². The van der Waals surface area contributed by atoms with E-state index in [-0.39, 0.29) is 5.57 Å². The zero-order valence-electron chi connectivity index (χ0n) is 18.7. The van der Waals surface area contributed by atoms with Crippen molar-refractivity contribution in [1.29, 1.82) is 5.26 Å². The SMILES string of the molecule is CCOc1ccc(NC(=O)/C(C#N)=C\c2cn(Cc3ccc(C)cc3)c3ccccc23)cc1. The van der Waals surface area contributed by atoms with Gasteiger partial charge in [-0.15, -0.1) is 0 Å². The lowest BCUT2D eigenvalue weighted by molar-refractivity contribution is -0.112. The highest BCUT2D eigenvalue weighted by Gasteiger charge is 2.13. The topological polar surface area (TPSA) is 67.0 Å². The summed E-state index contributed by atoms with van der Waals surface area (Å²) in [7, 11) is 0. The fraction of sp³-hybridized carbons (Fsp3) is 0.143. The van der Waals surface area contributed by atoms with Gasteiger partial charge in [0.2, 0.25) is 0 Å². The molecule has 0 saturated carbocycles. The average Bonchev–Trinajstić information content (AvgIpc) is 3.17. The lowest BCUT2D eigenvalue weighted by Gasteiger charge is -2.06. The molecule has 0 aliphatic rings. The van der Waals surface area contributed by atoms with Crippen LogP contribution in [0.1, 0.15) is 23.6 Å². The van der Waals surface area contributed by atoms with Crippen molar-refractivity contribution in [3.05, 3.63) is 101 Å². The van der Waals surface area contributed by atoms with Crippen molar-refractivity contribution in [3.63, 3.8) is 0 Å². The van der Waals surface area contributed by atoms with Crippen LogP contribution in [0, 0.1) is 18.3 Å². The van der Waals surface area contributed by atoms with Crippen molar-refractivity contribution in [3.8, 4) is 11.8 Å². The Kier molecular flexibility index (Phi) is 6.56. The number of hydrogen-bond donors (Lipinski definition) is 1. The number of aromatic nitrogens is 1. The zero-order valence-corrected chi connectivity index (χ0v) is 18.7. The quantitative estimate of drug-likeness (QED) is 0.288. The molecule has 0 spiro atoms. The first-order valence-corrected chi connectivity index (χ1v) is 10.9. The summed E-state index contributed by atoms with van der Waals surface area (Å²) in [6, 6.07) is 25.6. The molecular weight excluding hydrogens is 410 g/mol. The number of anilines is 1. The summed E-state index contributed by atoms with van der Waals surface area (Å²) in [6.07, 6.45) is 3.64. The standard InChI is InChI=1S/C28H25N3O2/c1-3-33-25-14-12-24(13-15-25)30-28(32)22(17-29)16-23-19-31(27-7-5-4-6-26(23)27)18-21-10-8-20(2)9-11-21/h4-16,19H,3,18H2,1-2H3,(H,30,32)/b22-16-. The van der Waals surface area contributed by atoms with Gasteiger partial charge in [-0.05, 0) is 55.8 Å².